The molecule has 0 aliphatic carbocycles. The van der Waals surface area contributed by atoms with Crippen molar-refractivity contribution < 1.29 is 45.4 Å². The van der Waals surface area contributed by atoms with Crippen molar-refractivity contribution in [3.05, 3.63) is 12.2 Å². The van der Waals surface area contributed by atoms with Gasteiger partial charge in [-0.15, -0.1) is 0 Å². The summed E-state index contributed by atoms with van der Waals surface area (Å²) in [5, 5.41) is 0. The van der Waals surface area contributed by atoms with Crippen molar-refractivity contribution in [1.29, 1.82) is 0 Å². The average Bonchev–Trinajstić information content (AvgIpc) is 2.46. The monoisotopic (exact) mass is 378 g/mol. The highest BCUT2D eigenvalue weighted by Gasteiger charge is 2.52. The number of hydrogen-bond acceptors (Lipinski definition) is 4. The lowest BCUT2D eigenvalue weighted by atomic mass is 10.0. The molecule has 0 bridgehead atoms. The van der Waals surface area contributed by atoms with Crippen LogP contribution >= 0.6 is 0 Å². The Kier molecular flexibility index (Phi) is 7.98. The maximum absolute atomic E-state index is 13.9. The molecule has 25 heavy (non-hydrogen) atoms. The summed E-state index contributed by atoms with van der Waals surface area (Å²) in [4.78, 5) is 22.7. The van der Waals surface area contributed by atoms with Crippen LogP contribution in [0.2, 0.25) is 0 Å². The Morgan fingerprint density at radius 1 is 1.12 bits per heavy atom. The number of alkyl halides is 6. The van der Waals surface area contributed by atoms with Crippen molar-refractivity contribution in [1.82, 2.24) is 0 Å². The number of carbonyl (C=O) groups excluding carboxylic acids is 2. The van der Waals surface area contributed by atoms with E-state index in [-0.39, 0.29) is 5.57 Å². The first-order valence-electron chi connectivity index (χ1n) is 7.34. The van der Waals surface area contributed by atoms with E-state index in [2.05, 4.69) is 16.1 Å². The molecule has 0 aliphatic rings. The van der Waals surface area contributed by atoms with Crippen LogP contribution in [-0.2, 0) is 19.1 Å². The molecule has 0 aromatic heterocycles. The smallest absolute Gasteiger partial charge is 0.422 e. The molecule has 0 aliphatic heterocycles. The second-order valence-corrected chi connectivity index (χ2v) is 5.64. The predicted octanol–water partition coefficient (Wildman–Crippen LogP) is 4.13. The average molecular weight is 378 g/mol. The van der Waals surface area contributed by atoms with Gasteiger partial charge in [-0.3, -0.25) is 0 Å². The lowest BCUT2D eigenvalue weighted by Crippen LogP contribution is -2.45. The molecule has 0 heterocycles. The van der Waals surface area contributed by atoms with Crippen molar-refractivity contribution >= 4 is 11.9 Å². The van der Waals surface area contributed by atoms with Crippen LogP contribution in [0.4, 0.5) is 26.3 Å². The highest BCUT2D eigenvalue weighted by Crippen LogP contribution is 2.37. The van der Waals surface area contributed by atoms with Crippen LogP contribution in [0.5, 0.6) is 0 Å². The third-order valence-electron chi connectivity index (χ3n) is 3.26. The molecular weight excluding hydrogens is 358 g/mol. The maximum Gasteiger partial charge on any atom is 0.422 e. The van der Waals surface area contributed by atoms with Crippen LogP contribution in [-0.4, -0.2) is 42.4 Å². The molecule has 0 radical (unpaired) electrons. The van der Waals surface area contributed by atoms with E-state index in [0.717, 1.165) is 0 Å². The maximum atomic E-state index is 13.9. The lowest BCUT2D eigenvalue weighted by Gasteiger charge is -2.25. The highest BCUT2D eigenvalue weighted by molar-refractivity contribution is 5.87. The lowest BCUT2D eigenvalue weighted by molar-refractivity contribution is -0.227. The van der Waals surface area contributed by atoms with Crippen molar-refractivity contribution in [2.75, 3.05) is 6.61 Å². The number of esters is 2. The first-order chi connectivity index (χ1) is 11.2. The largest absolute Gasteiger partial charge is 0.461 e. The van der Waals surface area contributed by atoms with E-state index in [4.69, 9.17) is 0 Å². The van der Waals surface area contributed by atoms with Crippen LogP contribution in [0.3, 0.4) is 0 Å². The predicted molar refractivity (Wildman–Crippen MR) is 75.7 cm³/mol. The van der Waals surface area contributed by atoms with Crippen molar-refractivity contribution in [3.63, 3.8) is 0 Å². The molecule has 0 saturated carbocycles. The summed E-state index contributed by atoms with van der Waals surface area (Å²) >= 11 is 0. The Hall–Kier alpha value is -1.74. The molecular formula is C15H20F6O4. The molecule has 2 atom stereocenters. The van der Waals surface area contributed by atoms with Gasteiger partial charge in [-0.2, -0.15) is 22.0 Å². The fourth-order valence-electron chi connectivity index (χ4n) is 1.58. The minimum atomic E-state index is -5.12. The normalized spacial score (nSPS) is 15.9. The van der Waals surface area contributed by atoms with Crippen LogP contribution in [0.15, 0.2) is 12.2 Å². The summed E-state index contributed by atoms with van der Waals surface area (Å²) in [6.45, 7) is 5.12. The fraction of sp³-hybridized carbons (Fsp3) is 0.733. The summed E-state index contributed by atoms with van der Waals surface area (Å²) in [5.74, 6) is -7.40. The van der Waals surface area contributed by atoms with Gasteiger partial charge in [-0.05, 0) is 33.1 Å². The number of carbonyl (C=O) groups is 2. The topological polar surface area (TPSA) is 52.6 Å². The van der Waals surface area contributed by atoms with Crippen molar-refractivity contribution in [3.8, 4) is 0 Å². The summed E-state index contributed by atoms with van der Waals surface area (Å²) in [6, 6.07) is 0. The fourth-order valence-corrected chi connectivity index (χ4v) is 1.58. The quantitative estimate of drug-likeness (QED) is 0.262. The standard InChI is InChI=1S/C15H20F6O4/c1-5-10(25-11(22)9(2)3)14(17,18)12(23)24-8-6-7-13(4,16)15(19,20)21/h10H,2,5-8H2,1,3-4H3. The zero-order valence-corrected chi connectivity index (χ0v) is 14.0. The van der Waals surface area contributed by atoms with Gasteiger partial charge in [0.25, 0.3) is 0 Å². The summed E-state index contributed by atoms with van der Waals surface area (Å²) in [6.07, 6.45) is -9.33. The van der Waals surface area contributed by atoms with Crippen LogP contribution in [0, 0.1) is 0 Å². The van der Waals surface area contributed by atoms with Crippen LogP contribution < -0.4 is 0 Å². The first-order valence-corrected chi connectivity index (χ1v) is 7.34. The third-order valence-corrected chi connectivity index (χ3v) is 3.26. The zero-order chi connectivity index (χ0) is 20.1. The highest BCUT2D eigenvalue weighted by atomic mass is 19.4. The van der Waals surface area contributed by atoms with E-state index in [1.807, 2.05) is 0 Å². The molecule has 0 rings (SSSR count). The summed E-state index contributed by atoms with van der Waals surface area (Å²) < 4.78 is 86.6. The molecule has 0 amide bonds. The summed E-state index contributed by atoms with van der Waals surface area (Å²) in [7, 11) is 0. The first kappa shape index (κ1) is 23.3. The Morgan fingerprint density at radius 3 is 2.04 bits per heavy atom. The van der Waals surface area contributed by atoms with Crippen LogP contribution in [0.1, 0.15) is 40.0 Å². The number of rotatable bonds is 9. The number of hydrogen-bond donors (Lipinski definition) is 0. The molecule has 146 valence electrons. The summed E-state index contributed by atoms with van der Waals surface area (Å²) in [5.41, 5.74) is -3.68. The van der Waals surface area contributed by atoms with Crippen molar-refractivity contribution in [2.45, 2.75) is 63.9 Å². The van der Waals surface area contributed by atoms with Gasteiger partial charge in [0.2, 0.25) is 5.67 Å². The Balaban J connectivity index is 4.66. The molecule has 10 heteroatoms. The molecule has 0 spiro atoms. The van der Waals surface area contributed by atoms with E-state index >= 15 is 0 Å². The van der Waals surface area contributed by atoms with Gasteiger partial charge >= 0.3 is 24.0 Å². The minimum Gasteiger partial charge on any atom is -0.461 e. The SMILES string of the molecule is C=C(C)C(=O)OC(CC)C(F)(F)C(=O)OCCCC(C)(F)C(F)(F)F. The van der Waals surface area contributed by atoms with Gasteiger partial charge in [-0.1, -0.05) is 13.5 Å². The molecule has 0 aromatic rings. The Labute approximate surface area is 141 Å². The third kappa shape index (κ3) is 6.58. The Morgan fingerprint density at radius 2 is 1.64 bits per heavy atom. The molecule has 0 fully saturated rings. The van der Waals surface area contributed by atoms with E-state index in [0.29, 0.717) is 6.92 Å². The van der Waals surface area contributed by atoms with Gasteiger partial charge in [-0.25, -0.2) is 14.0 Å². The van der Waals surface area contributed by atoms with E-state index in [1.165, 1.54) is 13.8 Å². The Bertz CT molecular complexity index is 499. The van der Waals surface area contributed by atoms with Gasteiger partial charge in [0.15, 0.2) is 6.10 Å². The molecule has 0 aromatic carbocycles. The van der Waals surface area contributed by atoms with Gasteiger partial charge in [0, 0.05) is 5.57 Å². The van der Waals surface area contributed by atoms with Crippen molar-refractivity contribution in [2.24, 2.45) is 0 Å². The van der Waals surface area contributed by atoms with Gasteiger partial charge < -0.3 is 9.47 Å². The van der Waals surface area contributed by atoms with Gasteiger partial charge in [0.1, 0.15) is 0 Å². The minimum absolute atomic E-state index is 0.156. The van der Waals surface area contributed by atoms with E-state index < -0.39 is 61.7 Å². The number of halogens is 6. The molecule has 0 saturated heterocycles. The zero-order valence-electron chi connectivity index (χ0n) is 14.0. The van der Waals surface area contributed by atoms with E-state index in [1.54, 1.807) is 0 Å². The molecule has 2 unspecified atom stereocenters. The second kappa shape index (κ2) is 8.57. The van der Waals surface area contributed by atoms with E-state index in [9.17, 15) is 35.9 Å². The molecule has 4 nitrogen and oxygen atoms in total. The second-order valence-electron chi connectivity index (χ2n) is 5.64. The molecule has 0 N–H and O–H groups in total. The van der Waals surface area contributed by atoms with Gasteiger partial charge in [0.05, 0.1) is 6.61 Å². The number of ether oxygens (including phenoxy) is 2. The van der Waals surface area contributed by atoms with Crippen LogP contribution in [0.25, 0.3) is 0 Å².